The zero-order valence-electron chi connectivity index (χ0n) is 15.3. The van der Waals surface area contributed by atoms with Gasteiger partial charge in [-0.1, -0.05) is 37.3 Å². The lowest BCUT2D eigenvalue weighted by atomic mass is 9.92. The number of urea groups is 1. The van der Waals surface area contributed by atoms with Crippen molar-refractivity contribution in [3.63, 3.8) is 0 Å². The second kappa shape index (κ2) is 9.42. The van der Waals surface area contributed by atoms with Crippen molar-refractivity contribution < 1.29 is 9.59 Å². The van der Waals surface area contributed by atoms with Crippen LogP contribution in [0.2, 0.25) is 0 Å². The van der Waals surface area contributed by atoms with Crippen LogP contribution >= 0.6 is 0 Å². The summed E-state index contributed by atoms with van der Waals surface area (Å²) in [7, 11) is 1.75. The zero-order valence-corrected chi connectivity index (χ0v) is 15.3. The van der Waals surface area contributed by atoms with Crippen LogP contribution in [0.4, 0.5) is 4.79 Å². The van der Waals surface area contributed by atoms with Crippen molar-refractivity contribution in [1.82, 2.24) is 15.1 Å². The Morgan fingerprint density at radius 1 is 1.32 bits per heavy atom. The van der Waals surface area contributed by atoms with Gasteiger partial charge >= 0.3 is 6.03 Å². The second-order valence-corrected chi connectivity index (χ2v) is 6.93. The minimum absolute atomic E-state index is 0.0772. The van der Waals surface area contributed by atoms with Crippen molar-refractivity contribution in [2.75, 3.05) is 26.7 Å². The first-order valence-electron chi connectivity index (χ1n) is 9.03. The number of piperidine rings is 1. The normalized spacial score (nSPS) is 20.2. The third kappa shape index (κ3) is 5.74. The number of carbonyl (C=O) groups is 2. The van der Waals surface area contributed by atoms with E-state index >= 15 is 0 Å². The predicted molar refractivity (Wildman–Crippen MR) is 98.9 cm³/mol. The number of carbonyl (C=O) groups excluding carboxylic acids is 2. The van der Waals surface area contributed by atoms with Gasteiger partial charge in [0.1, 0.15) is 0 Å². The molecular weight excluding hydrogens is 316 g/mol. The highest BCUT2D eigenvalue weighted by Crippen LogP contribution is 2.22. The summed E-state index contributed by atoms with van der Waals surface area (Å²) < 4.78 is 0. The minimum atomic E-state index is -0.167. The van der Waals surface area contributed by atoms with Crippen LogP contribution in [0.25, 0.3) is 0 Å². The molecule has 1 saturated heterocycles. The fourth-order valence-electron chi connectivity index (χ4n) is 3.29. The summed E-state index contributed by atoms with van der Waals surface area (Å²) in [5, 5.41) is 2.82. The molecule has 2 atom stereocenters. The molecule has 0 saturated carbocycles. The largest absolute Gasteiger partial charge is 0.338 e. The average molecular weight is 346 g/mol. The molecule has 6 heteroatoms. The molecule has 1 aliphatic heterocycles. The maximum absolute atomic E-state index is 12.4. The molecule has 0 spiro atoms. The summed E-state index contributed by atoms with van der Waals surface area (Å²) in [5.74, 6) is 0.692. The summed E-state index contributed by atoms with van der Waals surface area (Å²) in [6.07, 6.45) is 2.30. The number of likely N-dealkylation sites (tertiary alicyclic amines) is 1. The van der Waals surface area contributed by atoms with E-state index in [-0.39, 0.29) is 18.0 Å². The summed E-state index contributed by atoms with van der Waals surface area (Å²) in [5.41, 5.74) is 6.89. The Morgan fingerprint density at radius 2 is 2.04 bits per heavy atom. The van der Waals surface area contributed by atoms with Gasteiger partial charge in [-0.05, 0) is 24.3 Å². The SMILES string of the molecule is CC1CCN(C(=O)CCNC(=O)N(C)Cc2ccccc2)C(CN)C1. The molecule has 1 fully saturated rings. The number of rotatable bonds is 6. The summed E-state index contributed by atoms with van der Waals surface area (Å²) in [4.78, 5) is 28.1. The third-order valence-corrected chi connectivity index (χ3v) is 4.79. The van der Waals surface area contributed by atoms with Gasteiger partial charge in [-0.2, -0.15) is 0 Å². The van der Waals surface area contributed by atoms with E-state index in [1.807, 2.05) is 35.2 Å². The van der Waals surface area contributed by atoms with Crippen LogP contribution in [0.5, 0.6) is 0 Å². The lowest BCUT2D eigenvalue weighted by Crippen LogP contribution is -2.50. The first-order valence-corrected chi connectivity index (χ1v) is 9.03. The van der Waals surface area contributed by atoms with Crippen LogP contribution in [0, 0.1) is 5.92 Å². The number of nitrogens with one attached hydrogen (secondary N) is 1. The van der Waals surface area contributed by atoms with Crippen molar-refractivity contribution in [1.29, 1.82) is 0 Å². The van der Waals surface area contributed by atoms with Crippen LogP contribution < -0.4 is 11.1 Å². The molecule has 0 aliphatic carbocycles. The first-order chi connectivity index (χ1) is 12.0. The van der Waals surface area contributed by atoms with Gasteiger partial charge in [0.2, 0.25) is 5.91 Å². The highest BCUT2D eigenvalue weighted by atomic mass is 16.2. The molecule has 3 N–H and O–H groups in total. The smallest absolute Gasteiger partial charge is 0.317 e. The molecule has 0 bridgehead atoms. The Kier molecular flexibility index (Phi) is 7.25. The van der Waals surface area contributed by atoms with Crippen molar-refractivity contribution in [3.8, 4) is 0 Å². The second-order valence-electron chi connectivity index (χ2n) is 6.93. The standard InChI is InChI=1S/C19H30N4O2/c1-15-9-11-23(17(12-15)13-20)18(24)8-10-21-19(25)22(2)14-16-6-4-3-5-7-16/h3-7,15,17H,8-14,20H2,1-2H3,(H,21,25). The Balaban J connectivity index is 1.73. The maximum Gasteiger partial charge on any atom is 0.317 e. The number of hydrogen-bond donors (Lipinski definition) is 2. The van der Waals surface area contributed by atoms with Crippen LogP contribution in [-0.4, -0.2) is 54.5 Å². The average Bonchev–Trinajstić information content (AvgIpc) is 2.62. The van der Waals surface area contributed by atoms with E-state index in [0.717, 1.165) is 24.9 Å². The molecule has 138 valence electrons. The molecular formula is C19H30N4O2. The fraction of sp³-hybridized carbons (Fsp3) is 0.579. The highest BCUT2D eigenvalue weighted by Gasteiger charge is 2.28. The quantitative estimate of drug-likeness (QED) is 0.824. The Bertz CT molecular complexity index is 564. The molecule has 0 aromatic heterocycles. The van der Waals surface area contributed by atoms with Gasteiger partial charge in [-0.3, -0.25) is 4.79 Å². The van der Waals surface area contributed by atoms with Gasteiger partial charge in [0.15, 0.2) is 0 Å². The first kappa shape index (κ1) is 19.2. The van der Waals surface area contributed by atoms with Gasteiger partial charge in [-0.15, -0.1) is 0 Å². The Morgan fingerprint density at radius 3 is 2.72 bits per heavy atom. The summed E-state index contributed by atoms with van der Waals surface area (Å²) >= 11 is 0. The Labute approximate surface area is 150 Å². The maximum atomic E-state index is 12.4. The van der Waals surface area contributed by atoms with E-state index in [2.05, 4.69) is 12.2 Å². The lowest BCUT2D eigenvalue weighted by molar-refractivity contribution is -0.135. The molecule has 2 rings (SSSR count). The van der Waals surface area contributed by atoms with Crippen LogP contribution in [0.15, 0.2) is 30.3 Å². The van der Waals surface area contributed by atoms with E-state index in [1.165, 1.54) is 0 Å². The van der Waals surface area contributed by atoms with E-state index in [4.69, 9.17) is 5.73 Å². The van der Waals surface area contributed by atoms with E-state index < -0.39 is 0 Å². The summed E-state index contributed by atoms with van der Waals surface area (Å²) in [6.45, 7) is 4.36. The highest BCUT2D eigenvalue weighted by molar-refractivity contribution is 5.78. The number of nitrogens with zero attached hydrogens (tertiary/aromatic N) is 2. The zero-order chi connectivity index (χ0) is 18.2. The molecule has 1 heterocycles. The van der Waals surface area contributed by atoms with Gasteiger partial charge < -0.3 is 20.9 Å². The van der Waals surface area contributed by atoms with Crippen molar-refractivity contribution >= 4 is 11.9 Å². The van der Waals surface area contributed by atoms with E-state index in [9.17, 15) is 9.59 Å². The monoisotopic (exact) mass is 346 g/mol. The van der Waals surface area contributed by atoms with E-state index in [1.54, 1.807) is 11.9 Å². The van der Waals surface area contributed by atoms with Crippen LogP contribution in [-0.2, 0) is 11.3 Å². The van der Waals surface area contributed by atoms with Crippen LogP contribution in [0.1, 0.15) is 31.7 Å². The van der Waals surface area contributed by atoms with Gasteiger partial charge in [-0.25, -0.2) is 4.79 Å². The molecule has 25 heavy (non-hydrogen) atoms. The molecule has 0 radical (unpaired) electrons. The number of benzene rings is 1. The van der Waals surface area contributed by atoms with Crippen molar-refractivity contribution in [2.45, 2.75) is 38.8 Å². The minimum Gasteiger partial charge on any atom is -0.338 e. The Hall–Kier alpha value is -2.08. The third-order valence-electron chi connectivity index (χ3n) is 4.79. The molecule has 1 aliphatic rings. The van der Waals surface area contributed by atoms with Crippen LogP contribution in [0.3, 0.4) is 0 Å². The molecule has 6 nitrogen and oxygen atoms in total. The molecule has 1 aromatic rings. The number of amides is 3. The van der Waals surface area contributed by atoms with Gasteiger partial charge in [0.05, 0.1) is 0 Å². The van der Waals surface area contributed by atoms with E-state index in [0.29, 0.717) is 32.0 Å². The molecule has 3 amide bonds. The topological polar surface area (TPSA) is 78.7 Å². The van der Waals surface area contributed by atoms with Gasteiger partial charge in [0, 0.05) is 45.7 Å². The molecule has 1 aromatic carbocycles. The summed E-state index contributed by atoms with van der Waals surface area (Å²) in [6, 6.07) is 9.78. The predicted octanol–water partition coefficient (Wildman–Crippen LogP) is 1.80. The lowest BCUT2D eigenvalue weighted by Gasteiger charge is -2.38. The van der Waals surface area contributed by atoms with Gasteiger partial charge in [0.25, 0.3) is 0 Å². The number of nitrogens with two attached hydrogens (primary N) is 1. The van der Waals surface area contributed by atoms with Crippen molar-refractivity contribution in [3.05, 3.63) is 35.9 Å². The number of hydrogen-bond acceptors (Lipinski definition) is 3. The van der Waals surface area contributed by atoms with Crippen molar-refractivity contribution in [2.24, 2.45) is 11.7 Å². The molecule has 2 unspecified atom stereocenters. The fourth-order valence-corrected chi connectivity index (χ4v) is 3.29.